The summed E-state index contributed by atoms with van der Waals surface area (Å²) < 4.78 is 5.34. The second kappa shape index (κ2) is 10.5. The van der Waals surface area contributed by atoms with Crippen molar-refractivity contribution >= 4 is 23.6 Å². The number of nitrogens with zero attached hydrogens (tertiary/aromatic N) is 1. The van der Waals surface area contributed by atoms with E-state index in [1.165, 1.54) is 0 Å². The molecule has 1 fully saturated rings. The first-order valence-corrected chi connectivity index (χ1v) is 12.1. The molecule has 4 unspecified atom stereocenters. The molecule has 1 aliphatic carbocycles. The van der Waals surface area contributed by atoms with Gasteiger partial charge >= 0.3 is 6.09 Å². The Kier molecular flexibility index (Phi) is 7.88. The predicted molar refractivity (Wildman–Crippen MR) is 137 cm³/mol. The molecule has 0 spiro atoms. The van der Waals surface area contributed by atoms with Crippen molar-refractivity contribution in [3.8, 4) is 0 Å². The summed E-state index contributed by atoms with van der Waals surface area (Å²) in [6.45, 7) is 12.8. The van der Waals surface area contributed by atoms with Gasteiger partial charge < -0.3 is 20.3 Å². The standard InChI is InChI=1S/C28H37N3O4/c1-17-12-8-10-14-21(17)24(25(32)30-22-15-11-9-13-18(22)2)31(23-16-19(23)3)26(33)20(4)29-27(34)35-28(5,6)7/h8-15,19-20,23-24H,16H2,1-7H3,(H,29,34)(H,30,32). The van der Waals surface area contributed by atoms with Crippen LogP contribution in [0.25, 0.3) is 0 Å². The number of amides is 3. The first-order valence-electron chi connectivity index (χ1n) is 12.1. The topological polar surface area (TPSA) is 87.7 Å². The van der Waals surface area contributed by atoms with E-state index in [0.29, 0.717) is 5.69 Å². The van der Waals surface area contributed by atoms with Gasteiger partial charge in [0, 0.05) is 11.7 Å². The van der Waals surface area contributed by atoms with Gasteiger partial charge in [0.15, 0.2) is 0 Å². The van der Waals surface area contributed by atoms with Crippen LogP contribution in [0.4, 0.5) is 10.5 Å². The molecule has 2 N–H and O–H groups in total. The van der Waals surface area contributed by atoms with Gasteiger partial charge in [-0.05, 0) is 76.6 Å². The zero-order valence-corrected chi connectivity index (χ0v) is 21.7. The van der Waals surface area contributed by atoms with Gasteiger partial charge in [-0.1, -0.05) is 49.4 Å². The highest BCUT2D eigenvalue weighted by atomic mass is 16.6. The zero-order chi connectivity index (χ0) is 25.9. The van der Waals surface area contributed by atoms with E-state index in [1.807, 2.05) is 62.4 Å². The lowest BCUT2D eigenvalue weighted by atomic mass is 9.97. The zero-order valence-electron chi connectivity index (χ0n) is 21.7. The van der Waals surface area contributed by atoms with E-state index in [2.05, 4.69) is 17.6 Å². The number of alkyl carbamates (subject to hydrolysis) is 1. The van der Waals surface area contributed by atoms with E-state index in [4.69, 9.17) is 4.74 Å². The number of hydrogen-bond acceptors (Lipinski definition) is 4. The second-order valence-corrected chi connectivity index (χ2v) is 10.5. The first-order chi connectivity index (χ1) is 16.4. The minimum Gasteiger partial charge on any atom is -0.444 e. The summed E-state index contributed by atoms with van der Waals surface area (Å²) in [5.74, 6) is -0.352. The number of hydrogen-bond donors (Lipinski definition) is 2. The Balaban J connectivity index is 1.96. The maximum atomic E-state index is 13.8. The molecular weight excluding hydrogens is 442 g/mol. The van der Waals surface area contributed by atoms with Crippen LogP contribution in [0.5, 0.6) is 0 Å². The molecule has 0 aromatic heterocycles. The summed E-state index contributed by atoms with van der Waals surface area (Å²) in [7, 11) is 0. The molecule has 2 aromatic carbocycles. The molecule has 0 radical (unpaired) electrons. The van der Waals surface area contributed by atoms with Crippen LogP contribution in [0, 0.1) is 19.8 Å². The van der Waals surface area contributed by atoms with E-state index in [9.17, 15) is 14.4 Å². The highest BCUT2D eigenvalue weighted by Gasteiger charge is 2.47. The summed E-state index contributed by atoms with van der Waals surface area (Å²) >= 11 is 0. The van der Waals surface area contributed by atoms with Crippen molar-refractivity contribution in [2.24, 2.45) is 5.92 Å². The molecule has 3 rings (SSSR count). The molecule has 35 heavy (non-hydrogen) atoms. The third kappa shape index (κ3) is 6.62. The molecule has 2 aromatic rings. The van der Waals surface area contributed by atoms with Gasteiger partial charge in [-0.2, -0.15) is 0 Å². The molecule has 0 bridgehead atoms. The number of aryl methyl sites for hydroxylation is 2. The number of nitrogens with one attached hydrogen (secondary N) is 2. The highest BCUT2D eigenvalue weighted by molar-refractivity contribution is 5.99. The molecule has 0 aliphatic heterocycles. The molecule has 7 nitrogen and oxygen atoms in total. The Labute approximate surface area is 208 Å². The Bertz CT molecular complexity index is 1090. The van der Waals surface area contributed by atoms with Crippen molar-refractivity contribution in [1.82, 2.24) is 10.2 Å². The van der Waals surface area contributed by atoms with Crippen LogP contribution in [0.1, 0.15) is 63.8 Å². The number of para-hydroxylation sites is 1. The van der Waals surface area contributed by atoms with E-state index in [0.717, 1.165) is 23.1 Å². The fourth-order valence-electron chi connectivity index (χ4n) is 4.17. The van der Waals surface area contributed by atoms with Crippen molar-refractivity contribution in [3.05, 3.63) is 65.2 Å². The van der Waals surface area contributed by atoms with Crippen LogP contribution >= 0.6 is 0 Å². The minimum atomic E-state index is -0.865. The highest BCUT2D eigenvalue weighted by Crippen LogP contribution is 2.41. The number of carbonyl (C=O) groups excluding carboxylic acids is 3. The molecule has 3 amide bonds. The largest absolute Gasteiger partial charge is 0.444 e. The van der Waals surface area contributed by atoms with Crippen LogP contribution < -0.4 is 10.6 Å². The van der Waals surface area contributed by atoms with Crippen molar-refractivity contribution < 1.29 is 19.1 Å². The van der Waals surface area contributed by atoms with Gasteiger partial charge in [-0.3, -0.25) is 9.59 Å². The average Bonchev–Trinajstić information content (AvgIpc) is 3.48. The molecule has 1 aliphatic rings. The molecule has 7 heteroatoms. The normalized spacial score (nSPS) is 18.7. The van der Waals surface area contributed by atoms with Crippen molar-refractivity contribution in [2.75, 3.05) is 5.32 Å². The summed E-state index contributed by atoms with van der Waals surface area (Å²) in [5, 5.41) is 5.68. The number of carbonyl (C=O) groups is 3. The van der Waals surface area contributed by atoms with E-state index < -0.39 is 23.8 Å². The maximum Gasteiger partial charge on any atom is 0.408 e. The lowest BCUT2D eigenvalue weighted by Crippen LogP contribution is -2.52. The second-order valence-electron chi connectivity index (χ2n) is 10.5. The summed E-state index contributed by atoms with van der Waals surface area (Å²) in [6, 6.07) is 13.3. The fraction of sp³-hybridized carbons (Fsp3) is 0.464. The molecule has 0 saturated heterocycles. The lowest BCUT2D eigenvalue weighted by molar-refractivity contribution is -0.141. The van der Waals surface area contributed by atoms with Crippen molar-refractivity contribution in [3.63, 3.8) is 0 Å². The SMILES string of the molecule is Cc1ccccc1NC(=O)C(c1ccccc1C)N(C(=O)C(C)NC(=O)OC(C)(C)C)C1CC1C. The monoisotopic (exact) mass is 479 g/mol. The average molecular weight is 480 g/mol. The quantitative estimate of drug-likeness (QED) is 0.576. The van der Waals surface area contributed by atoms with Crippen LogP contribution in [0.2, 0.25) is 0 Å². The third-order valence-corrected chi connectivity index (χ3v) is 6.19. The number of rotatable bonds is 7. The lowest BCUT2D eigenvalue weighted by Gasteiger charge is -2.35. The Hall–Kier alpha value is -3.35. The third-order valence-electron chi connectivity index (χ3n) is 6.19. The number of anilines is 1. The van der Waals surface area contributed by atoms with Crippen LogP contribution in [-0.2, 0) is 14.3 Å². The van der Waals surface area contributed by atoms with Crippen LogP contribution in [0.15, 0.2) is 48.5 Å². The van der Waals surface area contributed by atoms with Gasteiger partial charge in [-0.15, -0.1) is 0 Å². The molecular formula is C28H37N3O4. The Morgan fingerprint density at radius 2 is 1.57 bits per heavy atom. The predicted octanol–water partition coefficient (Wildman–Crippen LogP) is 5.13. The number of benzene rings is 2. The van der Waals surface area contributed by atoms with E-state index >= 15 is 0 Å². The first kappa shape index (κ1) is 26.3. The maximum absolute atomic E-state index is 13.8. The molecule has 4 atom stereocenters. The summed E-state index contributed by atoms with van der Waals surface area (Å²) in [5.41, 5.74) is 2.62. The fourth-order valence-corrected chi connectivity index (χ4v) is 4.17. The number of ether oxygens (including phenoxy) is 1. The van der Waals surface area contributed by atoms with E-state index in [1.54, 1.807) is 32.6 Å². The summed E-state index contributed by atoms with van der Waals surface area (Å²) in [6.07, 6.45) is 0.129. The minimum absolute atomic E-state index is 0.0994. The van der Waals surface area contributed by atoms with Gasteiger partial charge in [0.05, 0.1) is 0 Å². The van der Waals surface area contributed by atoms with Crippen molar-refractivity contribution in [2.45, 2.75) is 78.6 Å². The Morgan fingerprint density at radius 3 is 2.11 bits per heavy atom. The molecule has 0 heterocycles. The molecule has 188 valence electrons. The smallest absolute Gasteiger partial charge is 0.408 e. The van der Waals surface area contributed by atoms with E-state index in [-0.39, 0.29) is 23.8 Å². The van der Waals surface area contributed by atoms with Gasteiger partial charge in [-0.25, -0.2) is 4.79 Å². The Morgan fingerprint density at radius 1 is 1.00 bits per heavy atom. The summed E-state index contributed by atoms with van der Waals surface area (Å²) in [4.78, 5) is 41.6. The van der Waals surface area contributed by atoms with Crippen LogP contribution in [0.3, 0.4) is 0 Å². The van der Waals surface area contributed by atoms with Gasteiger partial charge in [0.2, 0.25) is 5.91 Å². The van der Waals surface area contributed by atoms with Crippen LogP contribution in [-0.4, -0.2) is 40.5 Å². The van der Waals surface area contributed by atoms with Gasteiger partial charge in [0.1, 0.15) is 17.7 Å². The van der Waals surface area contributed by atoms with Crippen molar-refractivity contribution in [1.29, 1.82) is 0 Å². The molecule has 1 saturated carbocycles. The van der Waals surface area contributed by atoms with Gasteiger partial charge in [0.25, 0.3) is 5.91 Å².